The van der Waals surface area contributed by atoms with Crippen molar-refractivity contribution < 1.29 is 17.6 Å². The number of aromatic nitrogens is 2. The average molecular weight is 337 g/mol. The number of amides is 1. The fraction of sp³-hybridized carbons (Fsp3) is 0.333. The predicted molar refractivity (Wildman–Crippen MR) is 84.3 cm³/mol. The number of hydrogen-bond acceptors (Lipinski definition) is 4. The number of nitrogens with zero attached hydrogens (tertiary/aromatic N) is 2. The Morgan fingerprint density at radius 1 is 1.52 bits per heavy atom. The Hall–Kier alpha value is -2.22. The molecule has 0 saturated carbocycles. The summed E-state index contributed by atoms with van der Waals surface area (Å²) in [5.41, 5.74) is 0.907. The molecule has 1 N–H and O–H groups in total. The Labute approximate surface area is 132 Å². The molecule has 1 aromatic heterocycles. The monoisotopic (exact) mass is 337 g/mol. The lowest BCUT2D eigenvalue weighted by Gasteiger charge is -2.27. The predicted octanol–water partition coefficient (Wildman–Crippen LogP) is 1.52. The Morgan fingerprint density at radius 2 is 2.30 bits per heavy atom. The van der Waals surface area contributed by atoms with Crippen molar-refractivity contribution in [2.75, 3.05) is 18.1 Å². The molecule has 2 heterocycles. The van der Waals surface area contributed by atoms with Gasteiger partial charge in [0.05, 0.1) is 28.9 Å². The minimum absolute atomic E-state index is 0.0551. The molecule has 0 aliphatic carbocycles. The van der Waals surface area contributed by atoms with Crippen molar-refractivity contribution in [2.45, 2.75) is 12.5 Å². The highest BCUT2D eigenvalue weighted by atomic mass is 32.2. The number of halogens is 1. The van der Waals surface area contributed by atoms with Crippen LogP contribution in [-0.4, -0.2) is 53.3 Å². The van der Waals surface area contributed by atoms with E-state index in [2.05, 4.69) is 16.5 Å². The summed E-state index contributed by atoms with van der Waals surface area (Å²) < 4.78 is 37.1. The number of rotatable bonds is 4. The van der Waals surface area contributed by atoms with E-state index in [1.54, 1.807) is 0 Å². The van der Waals surface area contributed by atoms with E-state index < -0.39 is 27.6 Å². The minimum Gasteiger partial charge on any atom is -0.344 e. The van der Waals surface area contributed by atoms with Crippen LogP contribution in [0.5, 0.6) is 0 Å². The third-order valence-corrected chi connectivity index (χ3v) is 5.70. The largest absolute Gasteiger partial charge is 0.344 e. The zero-order valence-electron chi connectivity index (χ0n) is 12.3. The van der Waals surface area contributed by atoms with Crippen LogP contribution in [0.4, 0.5) is 4.39 Å². The molecular formula is C15H16FN3O3S. The number of carbonyl (C=O) groups excluding carboxylic acids is 1. The van der Waals surface area contributed by atoms with Gasteiger partial charge in [0.25, 0.3) is 5.91 Å². The summed E-state index contributed by atoms with van der Waals surface area (Å²) >= 11 is 0. The number of hydrogen-bond donors (Lipinski definition) is 1. The van der Waals surface area contributed by atoms with Crippen molar-refractivity contribution in [1.82, 2.24) is 14.9 Å². The highest BCUT2D eigenvalue weighted by molar-refractivity contribution is 7.91. The molecule has 2 aromatic rings. The van der Waals surface area contributed by atoms with Gasteiger partial charge in [0.1, 0.15) is 11.3 Å². The van der Waals surface area contributed by atoms with Gasteiger partial charge in [-0.3, -0.25) is 4.79 Å². The van der Waals surface area contributed by atoms with Crippen LogP contribution in [0.15, 0.2) is 31.1 Å². The fourth-order valence-electron chi connectivity index (χ4n) is 2.89. The summed E-state index contributed by atoms with van der Waals surface area (Å²) in [5.74, 6) is -1.02. The number of fused-ring (bicyclic) bond motifs is 1. The maximum Gasteiger partial charge on any atom is 0.256 e. The second-order valence-corrected chi connectivity index (χ2v) is 7.78. The summed E-state index contributed by atoms with van der Waals surface area (Å²) in [4.78, 5) is 21.1. The second-order valence-electron chi connectivity index (χ2n) is 5.56. The lowest BCUT2D eigenvalue weighted by Crippen LogP contribution is -2.41. The number of aromatic amines is 1. The summed E-state index contributed by atoms with van der Waals surface area (Å²) in [6, 6.07) is 1.96. The van der Waals surface area contributed by atoms with Gasteiger partial charge in [0.2, 0.25) is 0 Å². The van der Waals surface area contributed by atoms with E-state index in [0.29, 0.717) is 17.5 Å². The van der Waals surface area contributed by atoms with Gasteiger partial charge in [-0.2, -0.15) is 0 Å². The summed E-state index contributed by atoms with van der Waals surface area (Å²) in [6.07, 6.45) is 3.30. The normalized spacial score (nSPS) is 19.8. The van der Waals surface area contributed by atoms with Crippen LogP contribution < -0.4 is 0 Å². The number of H-pyrrole nitrogens is 1. The van der Waals surface area contributed by atoms with Crippen molar-refractivity contribution in [1.29, 1.82) is 0 Å². The molecule has 1 aliphatic rings. The van der Waals surface area contributed by atoms with Crippen molar-refractivity contribution >= 4 is 26.8 Å². The fourth-order valence-corrected chi connectivity index (χ4v) is 4.62. The van der Waals surface area contributed by atoms with Crippen molar-refractivity contribution in [3.8, 4) is 0 Å². The Bertz CT molecular complexity index is 875. The molecule has 0 spiro atoms. The Balaban J connectivity index is 2.00. The second kappa shape index (κ2) is 5.77. The zero-order valence-corrected chi connectivity index (χ0v) is 13.1. The lowest BCUT2D eigenvalue weighted by atomic mass is 10.1. The quantitative estimate of drug-likeness (QED) is 0.858. The van der Waals surface area contributed by atoms with Gasteiger partial charge in [-0.15, -0.1) is 6.58 Å². The maximum absolute atomic E-state index is 13.8. The molecule has 1 fully saturated rings. The van der Waals surface area contributed by atoms with Crippen molar-refractivity contribution in [2.24, 2.45) is 0 Å². The Kier molecular flexibility index (Phi) is 3.93. The highest BCUT2D eigenvalue weighted by Crippen LogP contribution is 2.23. The molecule has 1 atom stereocenters. The highest BCUT2D eigenvalue weighted by Gasteiger charge is 2.35. The van der Waals surface area contributed by atoms with Crippen LogP contribution in [0, 0.1) is 5.82 Å². The van der Waals surface area contributed by atoms with Gasteiger partial charge < -0.3 is 9.88 Å². The van der Waals surface area contributed by atoms with Gasteiger partial charge in [-0.05, 0) is 18.6 Å². The van der Waals surface area contributed by atoms with E-state index in [9.17, 15) is 17.6 Å². The van der Waals surface area contributed by atoms with E-state index in [0.717, 1.165) is 6.07 Å². The molecule has 1 amide bonds. The molecule has 1 saturated heterocycles. The first-order valence-corrected chi connectivity index (χ1v) is 8.98. The molecule has 1 aromatic carbocycles. The van der Waals surface area contributed by atoms with E-state index in [1.165, 1.54) is 23.4 Å². The third kappa shape index (κ3) is 2.98. The van der Waals surface area contributed by atoms with E-state index >= 15 is 0 Å². The van der Waals surface area contributed by atoms with Crippen LogP contribution in [0.2, 0.25) is 0 Å². The van der Waals surface area contributed by atoms with Crippen LogP contribution in [0.1, 0.15) is 16.8 Å². The molecule has 0 bridgehead atoms. The number of sulfone groups is 1. The SMILES string of the molecule is C=CCN(C(=O)c1cc(F)cc2[nH]cnc12)C1CCS(=O)(=O)C1. The molecule has 3 rings (SSSR count). The first kappa shape index (κ1) is 15.7. The molecule has 8 heteroatoms. The number of imidazole rings is 1. The van der Waals surface area contributed by atoms with E-state index in [-0.39, 0.29) is 23.6 Å². The van der Waals surface area contributed by atoms with Crippen molar-refractivity contribution in [3.63, 3.8) is 0 Å². The number of nitrogens with one attached hydrogen (secondary N) is 1. The first-order chi connectivity index (χ1) is 10.9. The van der Waals surface area contributed by atoms with Gasteiger partial charge in [0.15, 0.2) is 9.84 Å². The zero-order chi connectivity index (χ0) is 16.6. The molecule has 6 nitrogen and oxygen atoms in total. The molecule has 23 heavy (non-hydrogen) atoms. The standard InChI is InChI=1S/C15H16FN3O3S/c1-2-4-19(11-3-5-23(21,22)8-11)15(20)12-6-10(16)7-13-14(12)18-9-17-13/h2,6-7,9,11H,1,3-5,8H2,(H,17,18). The lowest BCUT2D eigenvalue weighted by molar-refractivity contribution is 0.0722. The first-order valence-electron chi connectivity index (χ1n) is 7.16. The van der Waals surface area contributed by atoms with Crippen LogP contribution in [-0.2, 0) is 9.84 Å². The van der Waals surface area contributed by atoms with Crippen LogP contribution in [0.3, 0.4) is 0 Å². The van der Waals surface area contributed by atoms with Gasteiger partial charge in [0, 0.05) is 12.6 Å². The van der Waals surface area contributed by atoms with E-state index in [1.807, 2.05) is 0 Å². The molecule has 122 valence electrons. The molecular weight excluding hydrogens is 321 g/mol. The Morgan fingerprint density at radius 3 is 2.96 bits per heavy atom. The smallest absolute Gasteiger partial charge is 0.256 e. The van der Waals surface area contributed by atoms with Gasteiger partial charge >= 0.3 is 0 Å². The van der Waals surface area contributed by atoms with Gasteiger partial charge in [-0.25, -0.2) is 17.8 Å². The van der Waals surface area contributed by atoms with Crippen LogP contribution in [0.25, 0.3) is 11.0 Å². The third-order valence-electron chi connectivity index (χ3n) is 3.95. The number of benzene rings is 1. The molecule has 1 unspecified atom stereocenters. The molecule has 0 radical (unpaired) electrons. The summed E-state index contributed by atoms with van der Waals surface area (Å²) in [6.45, 7) is 3.81. The maximum atomic E-state index is 13.8. The van der Waals surface area contributed by atoms with Crippen molar-refractivity contribution in [3.05, 3.63) is 42.5 Å². The van der Waals surface area contributed by atoms with E-state index in [4.69, 9.17) is 0 Å². The topological polar surface area (TPSA) is 83.1 Å². The number of carbonyl (C=O) groups is 1. The van der Waals surface area contributed by atoms with Gasteiger partial charge in [-0.1, -0.05) is 6.08 Å². The molecule has 1 aliphatic heterocycles. The summed E-state index contributed by atoms with van der Waals surface area (Å²) in [7, 11) is -3.14. The minimum atomic E-state index is -3.14. The summed E-state index contributed by atoms with van der Waals surface area (Å²) in [5, 5.41) is 0. The van der Waals surface area contributed by atoms with Crippen LogP contribution >= 0.6 is 0 Å². The average Bonchev–Trinajstić information content (AvgIpc) is 3.09.